The number of aryl methyl sites for hydroxylation is 1. The second-order valence-corrected chi connectivity index (χ2v) is 5.98. The molecule has 2 aromatic carbocycles. The van der Waals surface area contributed by atoms with Gasteiger partial charge in [0.05, 0.1) is 18.6 Å². The average Bonchev–Trinajstić information content (AvgIpc) is 2.42. The molecule has 2 aromatic rings. The Bertz CT molecular complexity index is 691. The van der Waals surface area contributed by atoms with Crippen LogP contribution in [0.25, 0.3) is 0 Å². The number of carbonyl (C=O) groups excluding carboxylic acids is 1. The summed E-state index contributed by atoms with van der Waals surface area (Å²) in [6, 6.07) is 11.9. The molecule has 3 heteroatoms. The van der Waals surface area contributed by atoms with Crippen LogP contribution in [0.2, 0.25) is 0 Å². The van der Waals surface area contributed by atoms with Gasteiger partial charge in [-0.25, -0.2) is 0 Å². The highest BCUT2D eigenvalue weighted by molar-refractivity contribution is 9.10. The quantitative estimate of drug-likeness (QED) is 0.785. The van der Waals surface area contributed by atoms with Crippen molar-refractivity contribution in [3.63, 3.8) is 0 Å². The number of carbonyl (C=O) groups is 1. The van der Waals surface area contributed by atoms with Crippen LogP contribution in [0, 0.1) is 6.92 Å². The molecule has 0 amide bonds. The van der Waals surface area contributed by atoms with Crippen LogP contribution in [0.4, 0.5) is 0 Å². The molecule has 0 aromatic heterocycles. The van der Waals surface area contributed by atoms with Gasteiger partial charge < -0.3 is 4.74 Å². The Morgan fingerprint density at radius 1 is 1.30 bits per heavy atom. The monoisotopic (exact) mass is 330 g/mol. The van der Waals surface area contributed by atoms with E-state index in [9.17, 15) is 4.79 Å². The molecular formula is C17H15BrO2. The lowest BCUT2D eigenvalue weighted by molar-refractivity contribution is 0.0946. The molecule has 1 aliphatic carbocycles. The fourth-order valence-corrected chi connectivity index (χ4v) is 3.04. The van der Waals surface area contributed by atoms with E-state index < -0.39 is 0 Å². The summed E-state index contributed by atoms with van der Waals surface area (Å²) in [5, 5.41) is 0. The number of hydrogen-bond acceptors (Lipinski definition) is 2. The van der Waals surface area contributed by atoms with Gasteiger partial charge in [-0.1, -0.05) is 40.2 Å². The van der Waals surface area contributed by atoms with Crippen molar-refractivity contribution >= 4 is 21.7 Å². The Labute approximate surface area is 126 Å². The summed E-state index contributed by atoms with van der Waals surface area (Å²) in [6.07, 6.45) is 0.823. The molecule has 0 fully saturated rings. The first kappa shape index (κ1) is 13.4. The first-order chi connectivity index (χ1) is 9.61. The summed E-state index contributed by atoms with van der Waals surface area (Å²) in [5.41, 5.74) is 4.14. The molecule has 1 atom stereocenters. The zero-order valence-electron chi connectivity index (χ0n) is 11.4. The second-order valence-electron chi connectivity index (χ2n) is 5.12. The molecule has 0 saturated heterocycles. The number of benzene rings is 2. The minimum absolute atomic E-state index is 0.0327. The number of Topliss-reactive ketones (excluding diaryl/α,β-unsaturated/α-hetero) is 1. The highest BCUT2D eigenvalue weighted by Crippen LogP contribution is 2.39. The maximum absolute atomic E-state index is 12.7. The van der Waals surface area contributed by atoms with E-state index in [1.807, 2.05) is 37.3 Å². The smallest absolute Gasteiger partial charge is 0.174 e. The highest BCUT2D eigenvalue weighted by atomic mass is 79.9. The number of rotatable bonds is 3. The molecule has 20 heavy (non-hydrogen) atoms. The van der Waals surface area contributed by atoms with Crippen molar-refractivity contribution in [1.82, 2.24) is 0 Å². The average molecular weight is 331 g/mol. The molecule has 1 unspecified atom stereocenters. The first-order valence-electron chi connectivity index (χ1n) is 6.58. The normalized spacial score (nSPS) is 16.2. The van der Waals surface area contributed by atoms with Crippen molar-refractivity contribution in [2.24, 2.45) is 0 Å². The van der Waals surface area contributed by atoms with Gasteiger partial charge in [0.15, 0.2) is 5.78 Å². The van der Waals surface area contributed by atoms with E-state index in [0.717, 1.165) is 22.0 Å². The maximum atomic E-state index is 12.7. The fourth-order valence-electron chi connectivity index (χ4n) is 2.70. The van der Waals surface area contributed by atoms with E-state index >= 15 is 0 Å². The van der Waals surface area contributed by atoms with Gasteiger partial charge >= 0.3 is 0 Å². The molecule has 0 saturated carbocycles. The van der Waals surface area contributed by atoms with Crippen molar-refractivity contribution in [2.75, 3.05) is 7.11 Å². The standard InChI is InChI=1S/C17H15BrO2/c1-10-7-16(20-2)14(9-15(10)18)17(19)13-8-11-5-3-4-6-12(11)13/h3-7,9,13H,8H2,1-2H3. The van der Waals surface area contributed by atoms with Gasteiger partial charge in [-0.05, 0) is 42.2 Å². The van der Waals surface area contributed by atoms with Crippen LogP contribution in [-0.2, 0) is 6.42 Å². The van der Waals surface area contributed by atoms with E-state index in [4.69, 9.17) is 4.74 Å². The van der Waals surface area contributed by atoms with Crippen LogP contribution in [0.15, 0.2) is 40.9 Å². The lowest BCUT2D eigenvalue weighted by Crippen LogP contribution is -2.25. The predicted molar refractivity (Wildman–Crippen MR) is 82.6 cm³/mol. The van der Waals surface area contributed by atoms with Gasteiger partial charge in [0.1, 0.15) is 5.75 Å². The highest BCUT2D eigenvalue weighted by Gasteiger charge is 2.33. The topological polar surface area (TPSA) is 26.3 Å². The summed E-state index contributed by atoms with van der Waals surface area (Å²) in [6.45, 7) is 1.99. The van der Waals surface area contributed by atoms with Crippen molar-refractivity contribution in [2.45, 2.75) is 19.3 Å². The SMILES string of the molecule is COc1cc(C)c(Br)cc1C(=O)C1Cc2ccccc21. The Kier molecular flexibility index (Phi) is 3.38. The number of fused-ring (bicyclic) bond motifs is 1. The zero-order valence-corrected chi connectivity index (χ0v) is 13.0. The van der Waals surface area contributed by atoms with Gasteiger partial charge in [0.25, 0.3) is 0 Å². The second kappa shape index (κ2) is 5.06. The Hall–Kier alpha value is -1.61. The number of methoxy groups -OCH3 is 1. The van der Waals surface area contributed by atoms with E-state index in [2.05, 4.69) is 22.0 Å². The largest absolute Gasteiger partial charge is 0.496 e. The lowest BCUT2D eigenvalue weighted by atomic mass is 9.73. The Balaban J connectivity index is 1.99. The van der Waals surface area contributed by atoms with E-state index in [1.165, 1.54) is 5.56 Å². The van der Waals surface area contributed by atoms with Crippen molar-refractivity contribution in [3.8, 4) is 5.75 Å². The molecule has 3 rings (SSSR count). The Morgan fingerprint density at radius 2 is 2.05 bits per heavy atom. The zero-order chi connectivity index (χ0) is 14.3. The molecule has 1 aliphatic rings. The summed E-state index contributed by atoms with van der Waals surface area (Å²) < 4.78 is 6.31. The first-order valence-corrected chi connectivity index (χ1v) is 7.37. The van der Waals surface area contributed by atoms with E-state index in [-0.39, 0.29) is 11.7 Å². The van der Waals surface area contributed by atoms with Crippen LogP contribution in [0.5, 0.6) is 5.75 Å². The molecule has 2 nitrogen and oxygen atoms in total. The van der Waals surface area contributed by atoms with E-state index in [0.29, 0.717) is 11.3 Å². The number of ether oxygens (including phenoxy) is 1. The third kappa shape index (κ3) is 2.06. The number of ketones is 1. The molecule has 0 aliphatic heterocycles. The fraction of sp³-hybridized carbons (Fsp3) is 0.235. The molecule has 0 N–H and O–H groups in total. The van der Waals surface area contributed by atoms with Gasteiger partial charge in [-0.2, -0.15) is 0 Å². The van der Waals surface area contributed by atoms with Crippen LogP contribution in [-0.4, -0.2) is 12.9 Å². The summed E-state index contributed by atoms with van der Waals surface area (Å²) >= 11 is 3.49. The summed E-state index contributed by atoms with van der Waals surface area (Å²) in [4.78, 5) is 12.7. The number of hydrogen-bond donors (Lipinski definition) is 0. The van der Waals surface area contributed by atoms with Crippen LogP contribution < -0.4 is 4.74 Å². The third-order valence-corrected chi connectivity index (χ3v) is 4.77. The van der Waals surface area contributed by atoms with E-state index in [1.54, 1.807) is 7.11 Å². The van der Waals surface area contributed by atoms with Gasteiger partial charge in [-0.15, -0.1) is 0 Å². The molecule has 0 heterocycles. The van der Waals surface area contributed by atoms with Crippen molar-refractivity contribution < 1.29 is 9.53 Å². The number of halogens is 1. The minimum atomic E-state index is -0.0327. The van der Waals surface area contributed by atoms with Crippen LogP contribution in [0.1, 0.15) is 33.0 Å². The van der Waals surface area contributed by atoms with Gasteiger partial charge in [0, 0.05) is 4.47 Å². The molecular weight excluding hydrogens is 316 g/mol. The van der Waals surface area contributed by atoms with Gasteiger partial charge in [-0.3, -0.25) is 4.79 Å². The van der Waals surface area contributed by atoms with Crippen LogP contribution >= 0.6 is 15.9 Å². The molecule has 0 bridgehead atoms. The van der Waals surface area contributed by atoms with Gasteiger partial charge in [0.2, 0.25) is 0 Å². The summed E-state index contributed by atoms with van der Waals surface area (Å²) in [7, 11) is 1.61. The molecule has 0 spiro atoms. The Morgan fingerprint density at radius 3 is 2.75 bits per heavy atom. The maximum Gasteiger partial charge on any atom is 0.174 e. The van der Waals surface area contributed by atoms with Crippen molar-refractivity contribution in [3.05, 3.63) is 63.1 Å². The summed E-state index contributed by atoms with van der Waals surface area (Å²) in [5.74, 6) is 0.760. The molecule has 102 valence electrons. The van der Waals surface area contributed by atoms with Crippen molar-refractivity contribution in [1.29, 1.82) is 0 Å². The third-order valence-electron chi connectivity index (χ3n) is 3.92. The lowest BCUT2D eigenvalue weighted by Gasteiger charge is -2.29. The van der Waals surface area contributed by atoms with Crippen LogP contribution in [0.3, 0.4) is 0 Å². The molecule has 0 radical (unpaired) electrons. The minimum Gasteiger partial charge on any atom is -0.496 e. The predicted octanol–water partition coefficient (Wildman–Crippen LogP) is 4.29.